The Morgan fingerprint density at radius 3 is 2.58 bits per heavy atom. The molecule has 4 aromatic rings. The molecule has 0 saturated carbocycles. The van der Waals surface area contributed by atoms with Crippen LogP contribution in [0.5, 0.6) is 0 Å². The fraction of sp³-hybridized carbons (Fsp3) is 0.0870. The van der Waals surface area contributed by atoms with E-state index >= 15 is 0 Å². The number of benzene rings is 2. The lowest BCUT2D eigenvalue weighted by Gasteiger charge is -2.10. The molecule has 0 fully saturated rings. The van der Waals surface area contributed by atoms with Crippen LogP contribution in [-0.4, -0.2) is 9.55 Å². The van der Waals surface area contributed by atoms with Crippen LogP contribution in [0.15, 0.2) is 85.1 Å². The van der Waals surface area contributed by atoms with Crippen molar-refractivity contribution in [2.45, 2.75) is 12.8 Å². The number of imidazole rings is 1. The molecule has 0 saturated heterocycles. The standard InChI is InChI=1S/C23H18N2S/c1-3-9-17(10-4-1)20-16-25(19-12-5-2-6-13-19)23(24-20)22-15-18-11-7-8-14-21(18)26-22/h1,3-5,7-16H,2,6H2. The highest BCUT2D eigenvalue weighted by molar-refractivity contribution is 7.22. The highest BCUT2D eigenvalue weighted by atomic mass is 32.1. The van der Waals surface area contributed by atoms with Gasteiger partial charge < -0.3 is 0 Å². The third kappa shape index (κ3) is 2.71. The van der Waals surface area contributed by atoms with Crippen LogP contribution in [-0.2, 0) is 0 Å². The van der Waals surface area contributed by atoms with Crippen molar-refractivity contribution in [2.24, 2.45) is 0 Å². The van der Waals surface area contributed by atoms with Crippen LogP contribution in [0.1, 0.15) is 12.8 Å². The smallest absolute Gasteiger partial charge is 0.155 e. The average molecular weight is 354 g/mol. The molecule has 0 bridgehead atoms. The van der Waals surface area contributed by atoms with Gasteiger partial charge in [-0.15, -0.1) is 11.3 Å². The van der Waals surface area contributed by atoms with Crippen LogP contribution in [0.4, 0.5) is 0 Å². The lowest BCUT2D eigenvalue weighted by molar-refractivity contribution is 1.00. The first kappa shape index (κ1) is 15.4. The zero-order valence-corrected chi connectivity index (χ0v) is 15.1. The van der Waals surface area contributed by atoms with Gasteiger partial charge >= 0.3 is 0 Å². The number of hydrogen-bond acceptors (Lipinski definition) is 2. The first-order valence-corrected chi connectivity index (χ1v) is 9.71. The zero-order chi connectivity index (χ0) is 17.3. The number of nitrogens with zero attached hydrogens (tertiary/aromatic N) is 2. The summed E-state index contributed by atoms with van der Waals surface area (Å²) >= 11 is 1.80. The number of allylic oxidation sites excluding steroid dienone is 4. The minimum atomic E-state index is 1.01. The Balaban J connectivity index is 1.70. The van der Waals surface area contributed by atoms with E-state index in [4.69, 9.17) is 4.98 Å². The van der Waals surface area contributed by atoms with E-state index in [1.807, 2.05) is 6.07 Å². The normalized spacial score (nSPS) is 13.9. The van der Waals surface area contributed by atoms with Gasteiger partial charge in [-0.1, -0.05) is 60.7 Å². The van der Waals surface area contributed by atoms with Crippen LogP contribution in [0, 0.1) is 0 Å². The van der Waals surface area contributed by atoms with Crippen molar-refractivity contribution in [1.82, 2.24) is 9.55 Å². The van der Waals surface area contributed by atoms with Gasteiger partial charge in [-0.25, -0.2) is 4.98 Å². The lowest BCUT2D eigenvalue weighted by Crippen LogP contribution is -1.97. The predicted molar refractivity (Wildman–Crippen MR) is 111 cm³/mol. The monoisotopic (exact) mass is 354 g/mol. The molecule has 2 aromatic carbocycles. The second kappa shape index (κ2) is 6.43. The van der Waals surface area contributed by atoms with E-state index in [-0.39, 0.29) is 0 Å². The topological polar surface area (TPSA) is 17.8 Å². The highest BCUT2D eigenvalue weighted by Crippen LogP contribution is 2.36. The molecular weight excluding hydrogens is 336 g/mol. The molecule has 2 aromatic heterocycles. The number of aromatic nitrogens is 2. The highest BCUT2D eigenvalue weighted by Gasteiger charge is 2.16. The van der Waals surface area contributed by atoms with Gasteiger partial charge in [0.1, 0.15) is 0 Å². The fourth-order valence-electron chi connectivity index (χ4n) is 3.37. The van der Waals surface area contributed by atoms with E-state index in [0.717, 1.165) is 29.9 Å². The SMILES string of the molecule is C1=CC(n2cc(-c3ccccc3)nc2-c2cc3ccccc3s2)=CCC1. The molecule has 0 atom stereocenters. The van der Waals surface area contributed by atoms with Crippen molar-refractivity contribution in [3.63, 3.8) is 0 Å². The molecule has 0 N–H and O–H groups in total. The maximum absolute atomic E-state index is 5.02. The van der Waals surface area contributed by atoms with Gasteiger partial charge in [-0.2, -0.15) is 0 Å². The van der Waals surface area contributed by atoms with Crippen molar-refractivity contribution < 1.29 is 0 Å². The van der Waals surface area contributed by atoms with Crippen LogP contribution in [0.25, 0.3) is 37.7 Å². The Labute approximate surface area is 156 Å². The van der Waals surface area contributed by atoms with Gasteiger partial charge in [0.25, 0.3) is 0 Å². The Morgan fingerprint density at radius 2 is 1.77 bits per heavy atom. The van der Waals surface area contributed by atoms with Crippen molar-refractivity contribution in [2.75, 3.05) is 0 Å². The van der Waals surface area contributed by atoms with Crippen molar-refractivity contribution >= 4 is 27.1 Å². The first-order chi connectivity index (χ1) is 12.9. The zero-order valence-electron chi connectivity index (χ0n) is 14.3. The summed E-state index contributed by atoms with van der Waals surface area (Å²) in [5.41, 5.74) is 3.37. The summed E-state index contributed by atoms with van der Waals surface area (Å²) in [6, 6.07) is 21.2. The number of rotatable bonds is 3. The van der Waals surface area contributed by atoms with Gasteiger partial charge in [-0.3, -0.25) is 4.57 Å². The summed E-state index contributed by atoms with van der Waals surface area (Å²) < 4.78 is 3.54. The minimum absolute atomic E-state index is 1.01. The third-order valence-corrected chi connectivity index (χ3v) is 5.79. The number of fused-ring (bicyclic) bond motifs is 1. The van der Waals surface area contributed by atoms with E-state index in [9.17, 15) is 0 Å². The van der Waals surface area contributed by atoms with E-state index < -0.39 is 0 Å². The molecule has 1 aliphatic carbocycles. The molecule has 0 aliphatic heterocycles. The Bertz CT molecular complexity index is 1100. The predicted octanol–water partition coefficient (Wildman–Crippen LogP) is 6.62. The van der Waals surface area contributed by atoms with E-state index in [1.54, 1.807) is 11.3 Å². The molecule has 5 rings (SSSR count). The summed E-state index contributed by atoms with van der Waals surface area (Å²) in [5, 5.41) is 1.27. The largest absolute Gasteiger partial charge is 0.299 e. The molecule has 0 radical (unpaired) electrons. The van der Waals surface area contributed by atoms with Crippen molar-refractivity contribution in [3.05, 3.63) is 85.1 Å². The molecular formula is C23H18N2S. The van der Waals surface area contributed by atoms with Crippen LogP contribution < -0.4 is 0 Å². The second-order valence-electron chi connectivity index (χ2n) is 6.44. The lowest BCUT2D eigenvalue weighted by atomic mass is 10.1. The Kier molecular flexibility index (Phi) is 3.80. The van der Waals surface area contributed by atoms with Gasteiger partial charge in [-0.05, 0) is 36.4 Å². The number of thiophene rings is 1. The summed E-state index contributed by atoms with van der Waals surface area (Å²) in [6.45, 7) is 0. The van der Waals surface area contributed by atoms with Crippen LogP contribution in [0.2, 0.25) is 0 Å². The molecule has 126 valence electrons. The Morgan fingerprint density at radius 1 is 0.923 bits per heavy atom. The van der Waals surface area contributed by atoms with Crippen LogP contribution in [0.3, 0.4) is 0 Å². The van der Waals surface area contributed by atoms with Gasteiger partial charge in [0, 0.05) is 22.2 Å². The molecule has 2 nitrogen and oxygen atoms in total. The summed E-state index contributed by atoms with van der Waals surface area (Å²) in [4.78, 5) is 6.22. The van der Waals surface area contributed by atoms with Gasteiger partial charge in [0.05, 0.1) is 10.6 Å². The minimum Gasteiger partial charge on any atom is -0.299 e. The van der Waals surface area contributed by atoms with Crippen molar-refractivity contribution in [3.8, 4) is 22.0 Å². The van der Waals surface area contributed by atoms with Gasteiger partial charge in [0.15, 0.2) is 5.82 Å². The quantitative estimate of drug-likeness (QED) is 0.404. The third-order valence-electron chi connectivity index (χ3n) is 4.67. The number of hydrogen-bond donors (Lipinski definition) is 0. The van der Waals surface area contributed by atoms with Crippen molar-refractivity contribution in [1.29, 1.82) is 0 Å². The molecule has 3 heteroatoms. The van der Waals surface area contributed by atoms with Gasteiger partial charge in [0.2, 0.25) is 0 Å². The molecule has 1 aliphatic rings. The summed E-state index contributed by atoms with van der Waals surface area (Å²) in [5.74, 6) is 1.02. The molecule has 2 heterocycles. The summed E-state index contributed by atoms with van der Waals surface area (Å²) in [7, 11) is 0. The maximum atomic E-state index is 5.02. The Hall–Kier alpha value is -2.91. The van der Waals surface area contributed by atoms with Crippen LogP contribution >= 0.6 is 11.3 Å². The van der Waals surface area contributed by atoms with E-state index in [1.165, 1.54) is 20.7 Å². The average Bonchev–Trinajstić information content (AvgIpc) is 3.33. The van der Waals surface area contributed by atoms with E-state index in [2.05, 4.69) is 83.6 Å². The summed E-state index contributed by atoms with van der Waals surface area (Å²) in [6.07, 6.45) is 11.1. The molecule has 0 unspecified atom stereocenters. The first-order valence-electron chi connectivity index (χ1n) is 8.89. The maximum Gasteiger partial charge on any atom is 0.155 e. The second-order valence-corrected chi connectivity index (χ2v) is 7.53. The van der Waals surface area contributed by atoms with E-state index in [0.29, 0.717) is 0 Å². The molecule has 0 spiro atoms. The fourth-order valence-corrected chi connectivity index (χ4v) is 4.42. The molecule has 0 amide bonds. The molecule has 26 heavy (non-hydrogen) atoms.